The van der Waals surface area contributed by atoms with E-state index in [1.54, 1.807) is 20.8 Å². The molecule has 0 saturated carbocycles. The zero-order valence-electron chi connectivity index (χ0n) is 16.0. The van der Waals surface area contributed by atoms with E-state index in [4.69, 9.17) is 9.15 Å². The van der Waals surface area contributed by atoms with Crippen molar-refractivity contribution < 1.29 is 29.3 Å². The van der Waals surface area contributed by atoms with E-state index < -0.39 is 18.1 Å². The molecule has 1 aromatic heterocycles. The first-order chi connectivity index (χ1) is 12.6. The van der Waals surface area contributed by atoms with Crippen molar-refractivity contribution in [1.82, 2.24) is 0 Å². The summed E-state index contributed by atoms with van der Waals surface area (Å²) in [6, 6.07) is 2.82. The molecule has 27 heavy (non-hydrogen) atoms. The summed E-state index contributed by atoms with van der Waals surface area (Å²) in [7, 11) is 1.43. The molecule has 1 aromatic carbocycles. The van der Waals surface area contributed by atoms with Gasteiger partial charge in [0.15, 0.2) is 5.43 Å². The monoisotopic (exact) mass is 378 g/mol. The van der Waals surface area contributed by atoms with Crippen LogP contribution in [0.3, 0.4) is 0 Å². The zero-order valence-corrected chi connectivity index (χ0v) is 16.0. The minimum absolute atomic E-state index is 0.0465. The maximum atomic E-state index is 12.4. The van der Waals surface area contributed by atoms with E-state index in [2.05, 4.69) is 0 Å². The Hall–Kier alpha value is -2.38. The average Bonchev–Trinajstić information content (AvgIpc) is 2.55. The number of aliphatic hydroxyl groups is 2. The third kappa shape index (κ3) is 4.87. The molecule has 2 rings (SSSR count). The van der Waals surface area contributed by atoms with E-state index in [0.29, 0.717) is 17.1 Å². The second-order valence-electron chi connectivity index (χ2n) is 7.01. The normalized spacial score (nSPS) is 14.7. The highest BCUT2D eigenvalue weighted by molar-refractivity contribution is 5.88. The number of Topliss-reactive ketones (excluding diaryl/α,β-unsaturated/α-hetero) is 1. The average molecular weight is 378 g/mol. The van der Waals surface area contributed by atoms with E-state index >= 15 is 0 Å². The molecule has 0 aliphatic heterocycles. The van der Waals surface area contributed by atoms with E-state index in [0.717, 1.165) is 0 Å². The van der Waals surface area contributed by atoms with Crippen LogP contribution in [0, 0.1) is 12.8 Å². The summed E-state index contributed by atoms with van der Waals surface area (Å²) in [6.45, 7) is 4.86. The second kappa shape index (κ2) is 8.54. The molecular weight excluding hydrogens is 352 g/mol. The van der Waals surface area contributed by atoms with Crippen LogP contribution in [0.15, 0.2) is 21.3 Å². The Bertz CT molecular complexity index is 882. The largest absolute Gasteiger partial charge is 0.507 e. The highest BCUT2D eigenvalue weighted by Gasteiger charge is 2.24. The maximum Gasteiger partial charge on any atom is 0.196 e. The van der Waals surface area contributed by atoms with E-state index in [9.17, 15) is 24.9 Å². The van der Waals surface area contributed by atoms with Gasteiger partial charge in [0, 0.05) is 30.0 Å². The number of aryl methyl sites for hydroxylation is 1. The number of aliphatic hydroxyl groups excluding tert-OH is 2. The number of rotatable bonds is 8. The van der Waals surface area contributed by atoms with Crippen LogP contribution in [0.2, 0.25) is 0 Å². The minimum atomic E-state index is -0.929. The van der Waals surface area contributed by atoms with Crippen molar-refractivity contribution in [1.29, 1.82) is 0 Å². The number of hydrogen-bond acceptors (Lipinski definition) is 7. The lowest BCUT2D eigenvalue weighted by molar-refractivity contribution is -0.124. The van der Waals surface area contributed by atoms with Crippen molar-refractivity contribution in [2.45, 2.75) is 52.2 Å². The van der Waals surface area contributed by atoms with Crippen LogP contribution in [0.4, 0.5) is 0 Å². The van der Waals surface area contributed by atoms with Gasteiger partial charge in [-0.05, 0) is 26.7 Å². The molecular formula is C20H26O7. The molecule has 2 aromatic rings. The molecule has 148 valence electrons. The number of ketones is 1. The molecule has 0 spiro atoms. The summed E-state index contributed by atoms with van der Waals surface area (Å²) >= 11 is 0. The van der Waals surface area contributed by atoms with E-state index in [-0.39, 0.29) is 47.2 Å². The zero-order chi connectivity index (χ0) is 20.3. The van der Waals surface area contributed by atoms with Gasteiger partial charge in [-0.15, -0.1) is 0 Å². The van der Waals surface area contributed by atoms with Crippen molar-refractivity contribution in [2.75, 3.05) is 7.11 Å². The maximum absolute atomic E-state index is 12.4. The second-order valence-corrected chi connectivity index (χ2v) is 7.01. The Morgan fingerprint density at radius 2 is 1.93 bits per heavy atom. The van der Waals surface area contributed by atoms with Gasteiger partial charge < -0.3 is 24.5 Å². The number of methoxy groups -OCH3 is 1. The minimum Gasteiger partial charge on any atom is -0.507 e. The van der Waals surface area contributed by atoms with Crippen molar-refractivity contribution in [3.63, 3.8) is 0 Å². The van der Waals surface area contributed by atoms with Crippen LogP contribution in [-0.4, -0.2) is 40.4 Å². The molecule has 1 heterocycles. The molecule has 7 heteroatoms. The van der Waals surface area contributed by atoms with Crippen LogP contribution in [-0.2, 0) is 11.2 Å². The Balaban J connectivity index is 2.33. The molecule has 0 radical (unpaired) electrons. The van der Waals surface area contributed by atoms with Gasteiger partial charge in [0.1, 0.15) is 34.0 Å². The van der Waals surface area contributed by atoms with Crippen molar-refractivity contribution >= 4 is 16.8 Å². The molecule has 3 N–H and O–H groups in total. The lowest BCUT2D eigenvalue weighted by Crippen LogP contribution is -2.23. The Morgan fingerprint density at radius 1 is 1.26 bits per heavy atom. The van der Waals surface area contributed by atoms with Crippen LogP contribution < -0.4 is 10.2 Å². The van der Waals surface area contributed by atoms with Gasteiger partial charge in [-0.3, -0.25) is 9.59 Å². The number of carbonyl (C=O) groups excluding carboxylic acids is 1. The fraction of sp³-hybridized carbons (Fsp3) is 0.500. The van der Waals surface area contributed by atoms with Crippen LogP contribution in [0.5, 0.6) is 11.5 Å². The highest BCUT2D eigenvalue weighted by atomic mass is 16.5. The third-order valence-corrected chi connectivity index (χ3v) is 4.51. The van der Waals surface area contributed by atoms with Crippen LogP contribution in [0.1, 0.15) is 38.0 Å². The molecule has 0 aliphatic rings. The summed E-state index contributed by atoms with van der Waals surface area (Å²) in [5, 5.41) is 29.8. The van der Waals surface area contributed by atoms with Crippen molar-refractivity contribution in [3.05, 3.63) is 33.7 Å². The van der Waals surface area contributed by atoms with E-state index in [1.807, 2.05) is 0 Å². The fourth-order valence-corrected chi connectivity index (χ4v) is 3.15. The first-order valence-electron chi connectivity index (χ1n) is 8.86. The van der Waals surface area contributed by atoms with Gasteiger partial charge in [-0.25, -0.2) is 0 Å². The topological polar surface area (TPSA) is 117 Å². The lowest BCUT2D eigenvalue weighted by Gasteiger charge is -2.18. The first kappa shape index (κ1) is 20.9. The summed E-state index contributed by atoms with van der Waals surface area (Å²) in [5.74, 6) is -0.262. The number of phenols is 1. The molecule has 0 unspecified atom stereocenters. The Kier molecular flexibility index (Phi) is 6.62. The van der Waals surface area contributed by atoms with Gasteiger partial charge in [-0.2, -0.15) is 0 Å². The lowest BCUT2D eigenvalue weighted by atomic mass is 9.91. The van der Waals surface area contributed by atoms with E-state index in [1.165, 1.54) is 19.2 Å². The summed E-state index contributed by atoms with van der Waals surface area (Å²) in [4.78, 5) is 24.6. The van der Waals surface area contributed by atoms with Gasteiger partial charge in [0.2, 0.25) is 0 Å². The van der Waals surface area contributed by atoms with Gasteiger partial charge in [-0.1, -0.05) is 6.92 Å². The number of benzene rings is 1. The van der Waals surface area contributed by atoms with Gasteiger partial charge in [0.05, 0.1) is 19.3 Å². The summed E-state index contributed by atoms with van der Waals surface area (Å²) < 4.78 is 10.8. The molecule has 3 atom stereocenters. The van der Waals surface area contributed by atoms with Crippen LogP contribution >= 0.6 is 0 Å². The number of carbonyl (C=O) groups is 1. The first-order valence-corrected chi connectivity index (χ1v) is 8.86. The number of hydrogen-bond donors (Lipinski definition) is 3. The predicted molar refractivity (Wildman–Crippen MR) is 100 cm³/mol. The molecule has 0 aliphatic carbocycles. The van der Waals surface area contributed by atoms with Crippen LogP contribution in [0.25, 0.3) is 11.0 Å². The van der Waals surface area contributed by atoms with Crippen molar-refractivity contribution in [2.24, 2.45) is 5.92 Å². The SMILES string of the molecule is COc1cc2oc(C)cc(=O)c2c(O)c1C[C@H](C)C(=O)C[C@@H](O)C[C@H](C)O. The molecule has 0 saturated heterocycles. The van der Waals surface area contributed by atoms with Gasteiger partial charge >= 0.3 is 0 Å². The number of fused-ring (bicyclic) bond motifs is 1. The smallest absolute Gasteiger partial charge is 0.196 e. The van der Waals surface area contributed by atoms with Gasteiger partial charge in [0.25, 0.3) is 0 Å². The highest BCUT2D eigenvalue weighted by Crippen LogP contribution is 2.36. The molecule has 0 amide bonds. The summed E-state index contributed by atoms with van der Waals surface area (Å²) in [5.41, 5.74) is 0.179. The van der Waals surface area contributed by atoms with Crippen molar-refractivity contribution in [3.8, 4) is 11.5 Å². The number of aromatic hydroxyl groups is 1. The quantitative estimate of drug-likeness (QED) is 0.644. The molecule has 0 bridgehead atoms. The molecule has 7 nitrogen and oxygen atoms in total. The fourth-order valence-electron chi connectivity index (χ4n) is 3.15. The standard InChI is InChI=1S/C20H26O7/c1-10(15(23)8-13(22)6-11(2)21)5-14-17(26-4)9-18-19(20(14)25)16(24)7-12(3)27-18/h7,9-11,13,21-22,25H,5-6,8H2,1-4H3/t10-,11-,13-/m0/s1. The summed E-state index contributed by atoms with van der Waals surface area (Å²) in [6.07, 6.45) is -1.47. The third-order valence-electron chi connectivity index (χ3n) is 4.51. The Labute approximate surface area is 157 Å². The number of phenolic OH excluding ortho intramolecular Hbond substituents is 1. The Morgan fingerprint density at radius 3 is 2.52 bits per heavy atom. The molecule has 0 fully saturated rings. The predicted octanol–water partition coefficient (Wildman–Crippen LogP) is 2.09. The number of ether oxygens (including phenoxy) is 1.